The maximum absolute atomic E-state index is 12.8. The van der Waals surface area contributed by atoms with Crippen LogP contribution < -0.4 is 10.9 Å². The number of anilines is 1. The van der Waals surface area contributed by atoms with Crippen molar-refractivity contribution in [2.45, 2.75) is 19.6 Å². The SMILES string of the molecule is Cc1ncc(CN2CCN(C(=O)Nc3cc(C(F)(F)F)c[nH]c3=O)CC2)s1. The number of pyridine rings is 1. The number of H-pyrrole nitrogens is 1. The Morgan fingerprint density at radius 3 is 2.63 bits per heavy atom. The second kappa shape index (κ2) is 7.69. The highest BCUT2D eigenvalue weighted by Gasteiger charge is 2.32. The van der Waals surface area contributed by atoms with Crippen LogP contribution in [0.2, 0.25) is 0 Å². The first-order valence-corrected chi connectivity index (χ1v) is 9.03. The Morgan fingerprint density at radius 1 is 1.33 bits per heavy atom. The molecule has 11 heteroatoms. The minimum atomic E-state index is -4.61. The van der Waals surface area contributed by atoms with E-state index in [1.165, 1.54) is 4.90 Å². The highest BCUT2D eigenvalue weighted by atomic mass is 32.1. The maximum atomic E-state index is 12.8. The van der Waals surface area contributed by atoms with Gasteiger partial charge in [-0.1, -0.05) is 0 Å². The van der Waals surface area contributed by atoms with Gasteiger partial charge in [0.25, 0.3) is 5.56 Å². The van der Waals surface area contributed by atoms with E-state index < -0.39 is 29.0 Å². The van der Waals surface area contributed by atoms with Crippen molar-refractivity contribution in [3.05, 3.63) is 44.3 Å². The summed E-state index contributed by atoms with van der Waals surface area (Å²) in [6, 6.07) is 0.0483. The summed E-state index contributed by atoms with van der Waals surface area (Å²) in [7, 11) is 0. The lowest BCUT2D eigenvalue weighted by Crippen LogP contribution is -2.49. The van der Waals surface area contributed by atoms with Crippen LogP contribution >= 0.6 is 11.3 Å². The van der Waals surface area contributed by atoms with Gasteiger partial charge in [0.15, 0.2) is 0 Å². The topological polar surface area (TPSA) is 81.3 Å². The van der Waals surface area contributed by atoms with E-state index >= 15 is 0 Å². The number of nitrogens with one attached hydrogen (secondary N) is 2. The van der Waals surface area contributed by atoms with Crippen LogP contribution in [0.5, 0.6) is 0 Å². The van der Waals surface area contributed by atoms with Crippen LogP contribution in [-0.4, -0.2) is 52.0 Å². The smallest absolute Gasteiger partial charge is 0.327 e. The summed E-state index contributed by atoms with van der Waals surface area (Å²) in [5.74, 6) is 0. The number of urea groups is 1. The van der Waals surface area contributed by atoms with Gasteiger partial charge in [-0.2, -0.15) is 13.2 Å². The average molecular weight is 401 g/mol. The van der Waals surface area contributed by atoms with E-state index in [0.717, 1.165) is 16.4 Å². The van der Waals surface area contributed by atoms with E-state index in [9.17, 15) is 22.8 Å². The number of piperazine rings is 1. The first kappa shape index (κ1) is 19.4. The van der Waals surface area contributed by atoms with Gasteiger partial charge < -0.3 is 15.2 Å². The first-order chi connectivity index (χ1) is 12.7. The zero-order valence-corrected chi connectivity index (χ0v) is 15.3. The molecule has 2 aromatic heterocycles. The Morgan fingerprint density at radius 2 is 2.04 bits per heavy atom. The van der Waals surface area contributed by atoms with Gasteiger partial charge in [0.05, 0.1) is 10.6 Å². The second-order valence-electron chi connectivity index (χ2n) is 6.17. The van der Waals surface area contributed by atoms with Gasteiger partial charge in [-0.25, -0.2) is 9.78 Å². The molecule has 146 valence electrons. The number of carbonyl (C=O) groups is 1. The number of rotatable bonds is 3. The molecule has 0 unspecified atom stereocenters. The van der Waals surface area contributed by atoms with Gasteiger partial charge in [-0.3, -0.25) is 9.69 Å². The highest BCUT2D eigenvalue weighted by molar-refractivity contribution is 7.11. The lowest BCUT2D eigenvalue weighted by Gasteiger charge is -2.34. The van der Waals surface area contributed by atoms with Crippen molar-refractivity contribution in [2.75, 3.05) is 31.5 Å². The molecule has 1 aliphatic heterocycles. The lowest BCUT2D eigenvalue weighted by molar-refractivity contribution is -0.137. The lowest BCUT2D eigenvalue weighted by atomic mass is 10.2. The van der Waals surface area contributed by atoms with Crippen molar-refractivity contribution < 1.29 is 18.0 Å². The van der Waals surface area contributed by atoms with Crippen molar-refractivity contribution in [2.24, 2.45) is 0 Å². The molecule has 0 radical (unpaired) electrons. The van der Waals surface area contributed by atoms with E-state index in [2.05, 4.69) is 15.2 Å². The Bertz CT molecular complexity index is 871. The molecule has 3 heterocycles. The fourth-order valence-electron chi connectivity index (χ4n) is 2.74. The Balaban J connectivity index is 1.57. The van der Waals surface area contributed by atoms with Crippen molar-refractivity contribution >= 4 is 23.1 Å². The van der Waals surface area contributed by atoms with Crippen molar-refractivity contribution in [1.29, 1.82) is 0 Å². The molecule has 3 rings (SSSR count). The van der Waals surface area contributed by atoms with E-state index in [4.69, 9.17) is 0 Å². The van der Waals surface area contributed by atoms with Crippen LogP contribution in [0.15, 0.2) is 23.3 Å². The summed E-state index contributed by atoms with van der Waals surface area (Å²) in [4.78, 5) is 35.0. The van der Waals surface area contributed by atoms with Gasteiger partial charge in [0.1, 0.15) is 5.69 Å². The summed E-state index contributed by atoms with van der Waals surface area (Å²) < 4.78 is 38.3. The van der Waals surface area contributed by atoms with Crippen LogP contribution in [-0.2, 0) is 12.7 Å². The Labute approximate surface area is 156 Å². The third kappa shape index (κ3) is 4.86. The monoisotopic (exact) mass is 401 g/mol. The summed E-state index contributed by atoms with van der Waals surface area (Å²) in [6.45, 7) is 4.77. The van der Waals surface area contributed by atoms with E-state index in [0.29, 0.717) is 38.4 Å². The molecule has 1 saturated heterocycles. The summed E-state index contributed by atoms with van der Waals surface area (Å²) >= 11 is 1.62. The molecule has 2 N–H and O–H groups in total. The third-order valence-electron chi connectivity index (χ3n) is 4.18. The third-order valence-corrected chi connectivity index (χ3v) is 5.08. The largest absolute Gasteiger partial charge is 0.417 e. The molecule has 0 aromatic carbocycles. The number of thiazole rings is 1. The summed E-state index contributed by atoms with van der Waals surface area (Å²) in [6.07, 6.45) is -2.19. The number of aryl methyl sites for hydroxylation is 1. The number of aromatic amines is 1. The maximum Gasteiger partial charge on any atom is 0.417 e. The molecule has 0 saturated carbocycles. The van der Waals surface area contributed by atoms with Gasteiger partial charge in [-0.05, 0) is 13.0 Å². The predicted octanol–water partition coefficient (Wildman–Crippen LogP) is 2.51. The van der Waals surface area contributed by atoms with E-state index in [-0.39, 0.29) is 0 Å². The molecule has 27 heavy (non-hydrogen) atoms. The zero-order valence-electron chi connectivity index (χ0n) is 14.5. The molecule has 0 atom stereocenters. The van der Waals surface area contributed by atoms with Crippen molar-refractivity contribution in [3.63, 3.8) is 0 Å². The molecule has 1 fully saturated rings. The minimum Gasteiger partial charge on any atom is -0.327 e. The fourth-order valence-corrected chi connectivity index (χ4v) is 3.58. The molecule has 0 bridgehead atoms. The molecular formula is C16H18F3N5O2S. The fraction of sp³-hybridized carbons (Fsp3) is 0.438. The Kier molecular flexibility index (Phi) is 5.51. The van der Waals surface area contributed by atoms with Gasteiger partial charge in [0, 0.05) is 50.0 Å². The molecule has 1 aliphatic rings. The van der Waals surface area contributed by atoms with Crippen LogP contribution in [0.25, 0.3) is 0 Å². The van der Waals surface area contributed by atoms with E-state index in [1.807, 2.05) is 18.1 Å². The molecule has 0 aliphatic carbocycles. The van der Waals surface area contributed by atoms with Crippen LogP contribution in [0, 0.1) is 6.92 Å². The van der Waals surface area contributed by atoms with Gasteiger partial charge >= 0.3 is 12.2 Å². The molecule has 2 aromatic rings. The second-order valence-corrected chi connectivity index (χ2v) is 7.49. The molecular weight excluding hydrogens is 383 g/mol. The number of hydrogen-bond acceptors (Lipinski definition) is 5. The number of halogens is 3. The zero-order chi connectivity index (χ0) is 19.6. The number of amides is 2. The molecule has 2 amide bonds. The number of aromatic nitrogens is 2. The molecule has 0 spiro atoms. The van der Waals surface area contributed by atoms with Gasteiger partial charge in [0.2, 0.25) is 0 Å². The normalized spacial score (nSPS) is 15.8. The number of hydrogen-bond donors (Lipinski definition) is 2. The number of alkyl halides is 3. The van der Waals surface area contributed by atoms with Gasteiger partial charge in [-0.15, -0.1) is 11.3 Å². The average Bonchev–Trinajstić information content (AvgIpc) is 3.01. The minimum absolute atomic E-state index is 0.417. The van der Waals surface area contributed by atoms with Crippen LogP contribution in [0.1, 0.15) is 15.4 Å². The van der Waals surface area contributed by atoms with Crippen molar-refractivity contribution in [1.82, 2.24) is 19.8 Å². The van der Waals surface area contributed by atoms with Crippen LogP contribution in [0.4, 0.5) is 23.7 Å². The standard InChI is InChI=1S/C16H18F3N5O2S/c1-10-20-8-12(27-10)9-23-2-4-24(5-3-23)15(26)22-13-6-11(16(17,18)19)7-21-14(13)25/h6-8H,2-5,9H2,1H3,(H,21,25)(H,22,26). The van der Waals surface area contributed by atoms with Crippen LogP contribution in [0.3, 0.4) is 0 Å². The number of nitrogens with zero attached hydrogens (tertiary/aromatic N) is 3. The Hall–Kier alpha value is -2.40. The first-order valence-electron chi connectivity index (χ1n) is 8.22. The summed E-state index contributed by atoms with van der Waals surface area (Å²) in [5, 5.41) is 3.27. The van der Waals surface area contributed by atoms with Crippen molar-refractivity contribution in [3.8, 4) is 0 Å². The summed E-state index contributed by atoms with van der Waals surface area (Å²) in [5.41, 5.74) is -2.23. The van der Waals surface area contributed by atoms with E-state index in [1.54, 1.807) is 11.3 Å². The predicted molar refractivity (Wildman–Crippen MR) is 94.8 cm³/mol. The quantitative estimate of drug-likeness (QED) is 0.828. The number of carbonyl (C=O) groups excluding carboxylic acids is 1. The molecule has 7 nitrogen and oxygen atoms in total. The highest BCUT2D eigenvalue weighted by Crippen LogP contribution is 2.29.